The van der Waals surface area contributed by atoms with Crippen molar-refractivity contribution in [3.05, 3.63) is 0 Å². The number of likely N-dealkylation sites (N-methyl/N-ethyl adjacent to an activating group) is 1. The molecule has 1 aliphatic heterocycles. The molecule has 2 fully saturated rings. The van der Waals surface area contributed by atoms with Gasteiger partial charge in [-0.2, -0.15) is 0 Å². The molecule has 0 aromatic carbocycles. The van der Waals surface area contributed by atoms with Crippen LogP contribution in [0.5, 0.6) is 0 Å². The van der Waals surface area contributed by atoms with Crippen molar-refractivity contribution in [1.82, 2.24) is 10.2 Å². The van der Waals surface area contributed by atoms with Gasteiger partial charge in [-0.1, -0.05) is 26.7 Å². The summed E-state index contributed by atoms with van der Waals surface area (Å²) in [7, 11) is 2.16. The Kier molecular flexibility index (Phi) is 5.50. The smallest absolute Gasteiger partial charge is 0.0254 e. The molecule has 1 heterocycles. The minimum absolute atomic E-state index is 0.736. The maximum Gasteiger partial charge on any atom is 0.0254 e. The Labute approximate surface area is 114 Å². The predicted octanol–water partition coefficient (Wildman–Crippen LogP) is 3.42. The third-order valence-corrected chi connectivity index (χ3v) is 5.44. The molecule has 1 saturated heterocycles. The monoisotopic (exact) mass is 252 g/mol. The first kappa shape index (κ1) is 14.3. The maximum atomic E-state index is 3.60. The number of hydrogen-bond donors (Lipinski definition) is 1. The van der Waals surface area contributed by atoms with E-state index >= 15 is 0 Å². The molecule has 0 spiro atoms. The van der Waals surface area contributed by atoms with E-state index in [0.717, 1.165) is 24.0 Å². The number of hydrogen-bond acceptors (Lipinski definition) is 2. The molecule has 18 heavy (non-hydrogen) atoms. The van der Waals surface area contributed by atoms with Gasteiger partial charge < -0.3 is 5.32 Å². The van der Waals surface area contributed by atoms with E-state index in [1.165, 1.54) is 57.9 Å². The first-order chi connectivity index (χ1) is 8.80. The summed E-state index contributed by atoms with van der Waals surface area (Å²) in [6.45, 7) is 6.09. The number of nitrogens with zero attached hydrogens (tertiary/aromatic N) is 1. The van der Waals surface area contributed by atoms with Crippen molar-refractivity contribution in [2.75, 3.05) is 13.6 Å². The third-order valence-electron chi connectivity index (χ3n) is 5.44. The van der Waals surface area contributed by atoms with E-state index in [1.807, 2.05) is 0 Å². The Balaban J connectivity index is 2.05. The van der Waals surface area contributed by atoms with Gasteiger partial charge in [-0.15, -0.1) is 0 Å². The van der Waals surface area contributed by atoms with E-state index in [9.17, 15) is 0 Å². The second-order valence-corrected chi connectivity index (χ2v) is 6.35. The molecule has 0 radical (unpaired) electrons. The molecule has 1 aliphatic carbocycles. The summed E-state index contributed by atoms with van der Waals surface area (Å²) >= 11 is 0. The zero-order chi connectivity index (χ0) is 13.0. The van der Waals surface area contributed by atoms with Crippen molar-refractivity contribution in [3.63, 3.8) is 0 Å². The fraction of sp³-hybridized carbons (Fsp3) is 1.00. The van der Waals surface area contributed by atoms with Crippen molar-refractivity contribution in [2.45, 2.75) is 83.3 Å². The highest BCUT2D eigenvalue weighted by molar-refractivity contribution is 4.93. The van der Waals surface area contributed by atoms with Gasteiger partial charge in [-0.3, -0.25) is 4.90 Å². The summed E-state index contributed by atoms with van der Waals surface area (Å²) in [4.78, 5) is 2.87. The number of piperidine rings is 1. The van der Waals surface area contributed by atoms with Crippen molar-refractivity contribution >= 4 is 0 Å². The van der Waals surface area contributed by atoms with Crippen molar-refractivity contribution in [2.24, 2.45) is 5.92 Å². The second kappa shape index (κ2) is 6.91. The Hall–Kier alpha value is -0.0800. The summed E-state index contributed by atoms with van der Waals surface area (Å²) in [6, 6.07) is 2.40. The van der Waals surface area contributed by atoms with Crippen LogP contribution in [-0.2, 0) is 0 Å². The van der Waals surface area contributed by atoms with Gasteiger partial charge in [-0.05, 0) is 58.0 Å². The first-order valence-electron chi connectivity index (χ1n) is 8.23. The highest BCUT2D eigenvalue weighted by atomic mass is 15.2. The number of rotatable bonds is 4. The lowest BCUT2D eigenvalue weighted by Gasteiger charge is -2.47. The van der Waals surface area contributed by atoms with E-state index in [4.69, 9.17) is 0 Å². The van der Waals surface area contributed by atoms with Gasteiger partial charge in [-0.25, -0.2) is 0 Å². The molecule has 2 nitrogen and oxygen atoms in total. The van der Waals surface area contributed by atoms with Gasteiger partial charge in [0, 0.05) is 18.1 Å². The van der Waals surface area contributed by atoms with Gasteiger partial charge in [0.25, 0.3) is 0 Å². The Morgan fingerprint density at radius 3 is 2.56 bits per heavy atom. The summed E-state index contributed by atoms with van der Waals surface area (Å²) in [6.07, 6.45) is 11.2. The first-order valence-corrected chi connectivity index (χ1v) is 8.23. The van der Waals surface area contributed by atoms with Gasteiger partial charge in [0.05, 0.1) is 0 Å². The second-order valence-electron chi connectivity index (χ2n) is 6.35. The van der Waals surface area contributed by atoms with Crippen LogP contribution in [0.25, 0.3) is 0 Å². The summed E-state index contributed by atoms with van der Waals surface area (Å²) in [5.74, 6) is 0.971. The molecule has 0 bridgehead atoms. The number of nitrogens with one attached hydrogen (secondary N) is 1. The topological polar surface area (TPSA) is 15.3 Å². The quantitative estimate of drug-likeness (QED) is 0.825. The fourth-order valence-corrected chi connectivity index (χ4v) is 4.20. The van der Waals surface area contributed by atoms with Crippen LogP contribution < -0.4 is 5.32 Å². The standard InChI is InChI=1S/C16H32N2/c1-4-13-9-10-15(17-3)16(12-13)18-11-7-6-8-14(18)5-2/h13-17H,4-12H2,1-3H3. The van der Waals surface area contributed by atoms with E-state index in [2.05, 4.69) is 31.1 Å². The lowest BCUT2D eigenvalue weighted by atomic mass is 9.79. The molecule has 1 saturated carbocycles. The molecule has 2 heteroatoms. The van der Waals surface area contributed by atoms with Crippen LogP contribution in [0.3, 0.4) is 0 Å². The molecule has 4 unspecified atom stereocenters. The fourth-order valence-electron chi connectivity index (χ4n) is 4.20. The molecular weight excluding hydrogens is 220 g/mol. The van der Waals surface area contributed by atoms with E-state index in [-0.39, 0.29) is 0 Å². The average molecular weight is 252 g/mol. The highest BCUT2D eigenvalue weighted by Crippen LogP contribution is 2.33. The van der Waals surface area contributed by atoms with Gasteiger partial charge >= 0.3 is 0 Å². The zero-order valence-corrected chi connectivity index (χ0v) is 12.6. The van der Waals surface area contributed by atoms with Crippen LogP contribution in [0.15, 0.2) is 0 Å². The van der Waals surface area contributed by atoms with Gasteiger partial charge in [0.2, 0.25) is 0 Å². The molecular formula is C16H32N2. The molecule has 1 N–H and O–H groups in total. The van der Waals surface area contributed by atoms with Crippen LogP contribution in [0.1, 0.15) is 65.2 Å². The molecule has 0 aromatic rings. The lowest BCUT2D eigenvalue weighted by molar-refractivity contribution is 0.0367. The minimum atomic E-state index is 0.736. The number of likely N-dealkylation sites (tertiary alicyclic amines) is 1. The minimum Gasteiger partial charge on any atom is -0.315 e. The molecule has 0 amide bonds. The normalized spacial score (nSPS) is 38.8. The predicted molar refractivity (Wildman–Crippen MR) is 78.9 cm³/mol. The Morgan fingerprint density at radius 2 is 1.89 bits per heavy atom. The highest BCUT2D eigenvalue weighted by Gasteiger charge is 2.36. The third kappa shape index (κ3) is 3.08. The zero-order valence-electron chi connectivity index (χ0n) is 12.6. The van der Waals surface area contributed by atoms with E-state index in [1.54, 1.807) is 0 Å². The molecule has 2 rings (SSSR count). The van der Waals surface area contributed by atoms with Gasteiger partial charge in [0.15, 0.2) is 0 Å². The largest absolute Gasteiger partial charge is 0.315 e. The van der Waals surface area contributed by atoms with Crippen LogP contribution in [-0.4, -0.2) is 36.6 Å². The molecule has 0 aromatic heterocycles. The average Bonchev–Trinajstić information content (AvgIpc) is 2.46. The van der Waals surface area contributed by atoms with Crippen LogP contribution in [0, 0.1) is 5.92 Å². The Morgan fingerprint density at radius 1 is 1.06 bits per heavy atom. The van der Waals surface area contributed by atoms with E-state index in [0.29, 0.717) is 0 Å². The van der Waals surface area contributed by atoms with E-state index < -0.39 is 0 Å². The van der Waals surface area contributed by atoms with Crippen molar-refractivity contribution < 1.29 is 0 Å². The summed E-state index contributed by atoms with van der Waals surface area (Å²) in [5.41, 5.74) is 0. The van der Waals surface area contributed by atoms with Crippen molar-refractivity contribution in [3.8, 4) is 0 Å². The Bertz CT molecular complexity index is 241. The van der Waals surface area contributed by atoms with Gasteiger partial charge in [0.1, 0.15) is 0 Å². The SMILES string of the molecule is CCC1CCC(NC)C(N2CCCCC2CC)C1. The summed E-state index contributed by atoms with van der Waals surface area (Å²) in [5, 5.41) is 3.60. The lowest BCUT2D eigenvalue weighted by Crippen LogP contribution is -2.56. The molecule has 4 atom stereocenters. The van der Waals surface area contributed by atoms with Crippen LogP contribution in [0.2, 0.25) is 0 Å². The maximum absolute atomic E-state index is 3.60. The van der Waals surface area contributed by atoms with Crippen molar-refractivity contribution in [1.29, 1.82) is 0 Å². The van der Waals surface area contributed by atoms with Crippen LogP contribution in [0.4, 0.5) is 0 Å². The summed E-state index contributed by atoms with van der Waals surface area (Å²) < 4.78 is 0. The van der Waals surface area contributed by atoms with Crippen LogP contribution >= 0.6 is 0 Å². The molecule has 106 valence electrons. The molecule has 2 aliphatic rings.